The minimum absolute atomic E-state index is 0.385. The second-order valence-corrected chi connectivity index (χ2v) is 9.71. The predicted octanol–water partition coefficient (Wildman–Crippen LogP) is 3.94. The summed E-state index contributed by atoms with van der Waals surface area (Å²) in [7, 11) is -3.64. The lowest BCUT2D eigenvalue weighted by Crippen LogP contribution is -2.38. The Bertz CT molecular complexity index is 1170. The van der Waals surface area contributed by atoms with Gasteiger partial charge in [-0.1, -0.05) is 46.3 Å². The number of nitrogens with zero attached hydrogens (tertiary/aromatic N) is 2. The van der Waals surface area contributed by atoms with Crippen molar-refractivity contribution in [2.24, 2.45) is 5.10 Å². The smallest absolute Gasteiger partial charge is 0.260 e. The van der Waals surface area contributed by atoms with Crippen LogP contribution in [0.2, 0.25) is 0 Å². The van der Waals surface area contributed by atoms with Crippen molar-refractivity contribution < 1.29 is 17.9 Å². The van der Waals surface area contributed by atoms with Gasteiger partial charge in [-0.3, -0.25) is 9.10 Å². The number of ether oxygens (including phenoxy) is 1. The molecule has 3 aromatic carbocycles. The van der Waals surface area contributed by atoms with Crippen LogP contribution in [-0.2, 0) is 21.4 Å². The maximum Gasteiger partial charge on any atom is 0.260 e. The number of hydrogen-bond acceptors (Lipinski definition) is 5. The van der Waals surface area contributed by atoms with E-state index in [0.717, 1.165) is 26.2 Å². The van der Waals surface area contributed by atoms with Crippen LogP contribution in [0.15, 0.2) is 88.4 Å². The third-order valence-electron chi connectivity index (χ3n) is 4.33. The Labute approximate surface area is 195 Å². The maximum absolute atomic E-state index is 12.2. The molecular weight excluding hydrogens is 494 g/mol. The number of nitrogens with one attached hydrogen (secondary N) is 1. The van der Waals surface area contributed by atoms with Crippen molar-refractivity contribution in [2.45, 2.75) is 6.61 Å². The summed E-state index contributed by atoms with van der Waals surface area (Å²) in [6, 6.07) is 23.7. The van der Waals surface area contributed by atoms with Crippen molar-refractivity contribution in [3.8, 4) is 5.75 Å². The number of amides is 1. The highest BCUT2D eigenvalue weighted by Gasteiger charge is 2.20. The van der Waals surface area contributed by atoms with Crippen LogP contribution in [0.5, 0.6) is 5.75 Å². The van der Waals surface area contributed by atoms with Gasteiger partial charge >= 0.3 is 0 Å². The van der Waals surface area contributed by atoms with Crippen molar-refractivity contribution >= 4 is 43.8 Å². The zero-order valence-corrected chi connectivity index (χ0v) is 19.7. The Kier molecular flexibility index (Phi) is 8.02. The summed E-state index contributed by atoms with van der Waals surface area (Å²) in [5, 5.41) is 3.91. The Morgan fingerprint density at radius 2 is 1.69 bits per heavy atom. The van der Waals surface area contributed by atoms with Gasteiger partial charge in [0.25, 0.3) is 5.91 Å². The van der Waals surface area contributed by atoms with Crippen molar-refractivity contribution in [1.82, 2.24) is 5.43 Å². The van der Waals surface area contributed by atoms with Crippen LogP contribution in [0, 0.1) is 0 Å². The summed E-state index contributed by atoms with van der Waals surface area (Å²) >= 11 is 3.30. The number of benzene rings is 3. The standard InChI is InChI=1S/C23H22BrN3O4S/c1-32(29,30)27(21-11-9-20(24)10-12-21)16-23(28)26-25-15-18-7-13-22(14-8-18)31-17-19-5-3-2-4-6-19/h2-15H,16-17H2,1H3,(H,26,28)/b25-15-. The molecule has 0 atom stereocenters. The summed E-state index contributed by atoms with van der Waals surface area (Å²) in [6.45, 7) is 0.0869. The van der Waals surface area contributed by atoms with Gasteiger partial charge in [-0.15, -0.1) is 0 Å². The van der Waals surface area contributed by atoms with E-state index in [0.29, 0.717) is 18.0 Å². The second-order valence-electron chi connectivity index (χ2n) is 6.88. The largest absolute Gasteiger partial charge is 0.489 e. The summed E-state index contributed by atoms with van der Waals surface area (Å²) in [5.41, 5.74) is 4.58. The fourth-order valence-electron chi connectivity index (χ4n) is 2.74. The lowest BCUT2D eigenvalue weighted by molar-refractivity contribution is -0.119. The van der Waals surface area contributed by atoms with Crippen LogP contribution >= 0.6 is 15.9 Å². The molecule has 0 aromatic heterocycles. The first-order valence-electron chi connectivity index (χ1n) is 9.63. The van der Waals surface area contributed by atoms with E-state index in [1.54, 1.807) is 36.4 Å². The molecule has 1 amide bonds. The summed E-state index contributed by atoms with van der Waals surface area (Å²) in [6.07, 6.45) is 2.52. The SMILES string of the molecule is CS(=O)(=O)N(CC(=O)N/N=C\c1ccc(OCc2ccccc2)cc1)c1ccc(Br)cc1. The molecule has 32 heavy (non-hydrogen) atoms. The van der Waals surface area contributed by atoms with Gasteiger partial charge in [0.05, 0.1) is 18.2 Å². The normalized spacial score (nSPS) is 11.3. The quantitative estimate of drug-likeness (QED) is 0.345. The number of halogens is 1. The van der Waals surface area contributed by atoms with E-state index >= 15 is 0 Å². The number of hydrazone groups is 1. The fraction of sp³-hybridized carbons (Fsp3) is 0.130. The van der Waals surface area contributed by atoms with Gasteiger partial charge in [0.1, 0.15) is 18.9 Å². The highest BCUT2D eigenvalue weighted by molar-refractivity contribution is 9.10. The van der Waals surface area contributed by atoms with Crippen LogP contribution in [0.25, 0.3) is 0 Å². The van der Waals surface area contributed by atoms with Gasteiger partial charge < -0.3 is 4.74 Å². The van der Waals surface area contributed by atoms with Gasteiger partial charge in [-0.05, 0) is 59.7 Å². The molecule has 3 rings (SSSR count). The molecule has 0 spiro atoms. The molecule has 0 saturated carbocycles. The highest BCUT2D eigenvalue weighted by atomic mass is 79.9. The highest BCUT2D eigenvalue weighted by Crippen LogP contribution is 2.20. The predicted molar refractivity (Wildman–Crippen MR) is 129 cm³/mol. The van der Waals surface area contributed by atoms with E-state index in [1.807, 2.05) is 42.5 Å². The minimum atomic E-state index is -3.64. The van der Waals surface area contributed by atoms with Crippen molar-refractivity contribution in [3.63, 3.8) is 0 Å². The van der Waals surface area contributed by atoms with E-state index < -0.39 is 15.9 Å². The fourth-order valence-corrected chi connectivity index (χ4v) is 3.86. The number of sulfonamides is 1. The monoisotopic (exact) mass is 515 g/mol. The molecule has 0 heterocycles. The zero-order chi connectivity index (χ0) is 23.0. The summed E-state index contributed by atoms with van der Waals surface area (Å²) < 4.78 is 31.8. The van der Waals surface area contributed by atoms with E-state index in [-0.39, 0.29) is 6.54 Å². The van der Waals surface area contributed by atoms with Crippen LogP contribution in [0.4, 0.5) is 5.69 Å². The molecule has 0 fully saturated rings. The molecule has 0 aliphatic rings. The first-order valence-corrected chi connectivity index (χ1v) is 12.3. The van der Waals surface area contributed by atoms with E-state index in [4.69, 9.17) is 4.74 Å². The van der Waals surface area contributed by atoms with Gasteiger partial charge in [-0.2, -0.15) is 5.10 Å². The Morgan fingerprint density at radius 3 is 2.31 bits per heavy atom. The van der Waals surface area contributed by atoms with Crippen LogP contribution < -0.4 is 14.5 Å². The molecule has 1 N–H and O–H groups in total. The van der Waals surface area contributed by atoms with Gasteiger partial charge in [0.15, 0.2) is 0 Å². The number of hydrogen-bond donors (Lipinski definition) is 1. The van der Waals surface area contributed by atoms with Gasteiger partial charge in [0, 0.05) is 4.47 Å². The van der Waals surface area contributed by atoms with Crippen molar-refractivity contribution in [2.75, 3.05) is 17.1 Å². The third-order valence-corrected chi connectivity index (χ3v) is 6.00. The molecule has 0 aliphatic heterocycles. The molecule has 9 heteroatoms. The van der Waals surface area contributed by atoms with E-state index in [2.05, 4.69) is 26.5 Å². The second kappa shape index (κ2) is 10.9. The number of carbonyl (C=O) groups excluding carboxylic acids is 1. The number of rotatable bonds is 9. The van der Waals surface area contributed by atoms with Gasteiger partial charge in [-0.25, -0.2) is 13.8 Å². The molecule has 0 aliphatic carbocycles. The summed E-state index contributed by atoms with van der Waals surface area (Å²) in [4.78, 5) is 12.2. The van der Waals surface area contributed by atoms with Crippen molar-refractivity contribution in [3.05, 3.63) is 94.5 Å². The van der Waals surface area contributed by atoms with Crippen LogP contribution in [0.1, 0.15) is 11.1 Å². The molecule has 3 aromatic rings. The first kappa shape index (κ1) is 23.5. The zero-order valence-electron chi connectivity index (χ0n) is 17.3. The summed E-state index contributed by atoms with van der Waals surface area (Å²) in [5.74, 6) is 0.158. The van der Waals surface area contributed by atoms with E-state index in [9.17, 15) is 13.2 Å². The van der Waals surface area contributed by atoms with E-state index in [1.165, 1.54) is 6.21 Å². The van der Waals surface area contributed by atoms with Gasteiger partial charge in [0.2, 0.25) is 10.0 Å². The lowest BCUT2D eigenvalue weighted by atomic mass is 10.2. The first-order chi connectivity index (χ1) is 15.3. The van der Waals surface area contributed by atoms with Crippen LogP contribution in [-0.4, -0.2) is 33.3 Å². The Morgan fingerprint density at radius 1 is 1.03 bits per heavy atom. The number of carbonyl (C=O) groups is 1. The molecule has 166 valence electrons. The third kappa shape index (κ3) is 7.21. The minimum Gasteiger partial charge on any atom is -0.489 e. The van der Waals surface area contributed by atoms with Crippen molar-refractivity contribution in [1.29, 1.82) is 0 Å². The number of anilines is 1. The maximum atomic E-state index is 12.2. The molecular formula is C23H22BrN3O4S. The average molecular weight is 516 g/mol. The molecule has 0 bridgehead atoms. The Hall–Kier alpha value is -3.17. The molecule has 0 saturated heterocycles. The topological polar surface area (TPSA) is 88.1 Å². The molecule has 7 nitrogen and oxygen atoms in total. The lowest BCUT2D eigenvalue weighted by Gasteiger charge is -2.21. The molecule has 0 unspecified atom stereocenters. The van der Waals surface area contributed by atoms with Crippen LogP contribution in [0.3, 0.4) is 0 Å². The molecule has 0 radical (unpaired) electrons. The average Bonchev–Trinajstić information content (AvgIpc) is 2.78. The Balaban J connectivity index is 1.54.